The van der Waals surface area contributed by atoms with Crippen molar-refractivity contribution < 1.29 is 9.53 Å². The first-order valence-electron chi connectivity index (χ1n) is 4.37. The third kappa shape index (κ3) is 2.47. The number of hydrogen-bond donors (Lipinski definition) is 1. The molecular weight excluding hydrogens is 258 g/mol. The highest BCUT2D eigenvalue weighted by Crippen LogP contribution is 2.24. The zero-order chi connectivity index (χ0) is 10.7. The van der Waals surface area contributed by atoms with Crippen LogP contribution in [-0.2, 0) is 9.53 Å². The normalized spacial score (nSPS) is 17.5. The predicted molar refractivity (Wildman–Crippen MR) is 61.2 cm³/mol. The number of allylic oxidation sites excluding steroid dienone is 1. The second-order valence-corrected chi connectivity index (χ2v) is 3.79. The van der Waals surface area contributed by atoms with E-state index in [-0.39, 0.29) is 5.97 Å². The molecule has 76 valence electrons. The van der Waals surface area contributed by atoms with Gasteiger partial charge in [0.2, 0.25) is 0 Å². The number of ether oxygens (including phenoxy) is 1. The number of halogens is 1. The molecule has 0 aliphatic carbocycles. The van der Waals surface area contributed by atoms with Crippen LogP contribution in [0.1, 0.15) is 0 Å². The summed E-state index contributed by atoms with van der Waals surface area (Å²) in [6.45, 7) is 0. The van der Waals surface area contributed by atoms with Gasteiger partial charge in [-0.15, -0.1) is 0 Å². The molecule has 1 aromatic carbocycles. The van der Waals surface area contributed by atoms with Gasteiger partial charge in [-0.1, -0.05) is 18.2 Å². The van der Waals surface area contributed by atoms with Gasteiger partial charge in [-0.3, -0.25) is 0 Å². The minimum Gasteiger partial charge on any atom is -0.421 e. The molecule has 1 heterocycles. The number of hydrogen-bond acceptors (Lipinski definition) is 3. The Labute approximate surface area is 95.6 Å². The molecule has 3 nitrogen and oxygen atoms in total. The fourth-order valence-corrected chi connectivity index (χ4v) is 1.53. The molecule has 1 aliphatic heterocycles. The Morgan fingerprint density at radius 1 is 1.27 bits per heavy atom. The summed E-state index contributed by atoms with van der Waals surface area (Å²) in [5, 5.41) is 3.03. The average molecular weight is 266 g/mol. The molecular formula is C11H8BrNO2. The van der Waals surface area contributed by atoms with Crippen molar-refractivity contribution in [3.05, 3.63) is 52.8 Å². The van der Waals surface area contributed by atoms with Crippen LogP contribution in [0.3, 0.4) is 0 Å². The van der Waals surface area contributed by atoms with E-state index in [1.165, 1.54) is 6.08 Å². The fraction of sp³-hybridized carbons (Fsp3) is 0. The molecule has 0 aromatic heterocycles. The van der Waals surface area contributed by atoms with Gasteiger partial charge in [0.15, 0.2) is 5.76 Å². The summed E-state index contributed by atoms with van der Waals surface area (Å²) in [7, 11) is 0. The van der Waals surface area contributed by atoms with Crippen molar-refractivity contribution in [2.45, 2.75) is 0 Å². The van der Waals surface area contributed by atoms with Gasteiger partial charge in [0.1, 0.15) is 0 Å². The maximum atomic E-state index is 10.9. The van der Waals surface area contributed by atoms with E-state index in [0.717, 1.165) is 5.69 Å². The smallest absolute Gasteiger partial charge is 0.337 e. The Morgan fingerprint density at radius 3 is 2.60 bits per heavy atom. The van der Waals surface area contributed by atoms with Crippen LogP contribution >= 0.6 is 15.9 Å². The maximum absolute atomic E-state index is 10.9. The minimum atomic E-state index is -0.358. The number of carbonyl (C=O) groups is 1. The van der Waals surface area contributed by atoms with Gasteiger partial charge < -0.3 is 10.1 Å². The van der Waals surface area contributed by atoms with Crippen molar-refractivity contribution in [2.24, 2.45) is 0 Å². The standard InChI is InChI=1S/C11H8BrNO2/c12-9-6-11(14)15-10(9)7-13-8-4-2-1-3-5-8/h1-7,13H. The van der Waals surface area contributed by atoms with Gasteiger partial charge in [-0.2, -0.15) is 0 Å². The number of esters is 1. The lowest BCUT2D eigenvalue weighted by Crippen LogP contribution is -1.94. The number of anilines is 1. The molecule has 1 N–H and O–H groups in total. The van der Waals surface area contributed by atoms with E-state index in [1.54, 1.807) is 6.20 Å². The maximum Gasteiger partial charge on any atom is 0.337 e. The highest BCUT2D eigenvalue weighted by atomic mass is 79.9. The van der Waals surface area contributed by atoms with Gasteiger partial charge >= 0.3 is 5.97 Å². The van der Waals surface area contributed by atoms with E-state index in [9.17, 15) is 4.79 Å². The van der Waals surface area contributed by atoms with Crippen molar-refractivity contribution in [3.8, 4) is 0 Å². The minimum absolute atomic E-state index is 0.358. The van der Waals surface area contributed by atoms with Crippen molar-refractivity contribution in [1.29, 1.82) is 0 Å². The third-order valence-corrected chi connectivity index (χ3v) is 2.45. The molecule has 0 bridgehead atoms. The Kier molecular flexibility index (Phi) is 2.87. The van der Waals surface area contributed by atoms with Crippen molar-refractivity contribution >= 4 is 27.6 Å². The summed E-state index contributed by atoms with van der Waals surface area (Å²) >= 11 is 3.23. The van der Waals surface area contributed by atoms with Crippen molar-refractivity contribution in [2.75, 3.05) is 5.32 Å². The zero-order valence-electron chi connectivity index (χ0n) is 7.74. The first-order chi connectivity index (χ1) is 7.25. The van der Waals surface area contributed by atoms with Crippen LogP contribution in [0.15, 0.2) is 52.8 Å². The van der Waals surface area contributed by atoms with E-state index in [0.29, 0.717) is 10.2 Å². The molecule has 0 amide bonds. The number of para-hydroxylation sites is 1. The lowest BCUT2D eigenvalue weighted by Gasteiger charge is -2.01. The number of cyclic esters (lactones) is 1. The molecule has 4 heteroatoms. The predicted octanol–water partition coefficient (Wildman–Crippen LogP) is 2.78. The summed E-state index contributed by atoms with van der Waals surface area (Å²) in [5.74, 6) is 0.131. The number of carbonyl (C=O) groups excluding carboxylic acids is 1. The van der Waals surface area contributed by atoms with Crippen LogP contribution < -0.4 is 5.32 Å². The first-order valence-corrected chi connectivity index (χ1v) is 5.16. The molecule has 15 heavy (non-hydrogen) atoms. The van der Waals surface area contributed by atoms with Crippen molar-refractivity contribution in [1.82, 2.24) is 0 Å². The molecule has 0 saturated carbocycles. The van der Waals surface area contributed by atoms with E-state index in [2.05, 4.69) is 21.2 Å². The van der Waals surface area contributed by atoms with E-state index >= 15 is 0 Å². The van der Waals surface area contributed by atoms with E-state index < -0.39 is 0 Å². The Balaban J connectivity index is 2.08. The van der Waals surface area contributed by atoms with Crippen LogP contribution in [0.4, 0.5) is 5.69 Å². The highest BCUT2D eigenvalue weighted by Gasteiger charge is 2.17. The quantitative estimate of drug-likeness (QED) is 0.836. The molecule has 0 atom stereocenters. The van der Waals surface area contributed by atoms with Crippen LogP contribution in [0.2, 0.25) is 0 Å². The summed E-state index contributed by atoms with van der Waals surface area (Å²) in [6.07, 6.45) is 3.03. The van der Waals surface area contributed by atoms with Crippen molar-refractivity contribution in [3.63, 3.8) is 0 Å². The summed E-state index contributed by atoms with van der Waals surface area (Å²) in [5.41, 5.74) is 0.938. The molecule has 0 unspecified atom stereocenters. The number of rotatable bonds is 2. The molecule has 2 rings (SSSR count). The SMILES string of the molecule is O=C1C=C(Br)C(=CNc2ccccc2)O1. The Morgan fingerprint density at radius 2 is 2.00 bits per heavy atom. The second-order valence-electron chi connectivity index (χ2n) is 2.93. The van der Waals surface area contributed by atoms with Gasteiger partial charge in [0.25, 0.3) is 0 Å². The van der Waals surface area contributed by atoms with Gasteiger partial charge in [-0.25, -0.2) is 4.79 Å². The number of benzene rings is 1. The monoisotopic (exact) mass is 265 g/mol. The molecule has 0 fully saturated rings. The van der Waals surface area contributed by atoms with E-state index in [4.69, 9.17) is 4.74 Å². The van der Waals surface area contributed by atoms with Gasteiger partial charge in [0, 0.05) is 18.0 Å². The fourth-order valence-electron chi connectivity index (χ4n) is 1.14. The van der Waals surface area contributed by atoms with E-state index in [1.807, 2.05) is 30.3 Å². The lowest BCUT2D eigenvalue weighted by atomic mass is 10.3. The van der Waals surface area contributed by atoms with Crippen LogP contribution in [0.25, 0.3) is 0 Å². The zero-order valence-corrected chi connectivity index (χ0v) is 9.32. The number of nitrogens with one attached hydrogen (secondary N) is 1. The molecule has 0 spiro atoms. The summed E-state index contributed by atoms with van der Waals surface area (Å²) in [4.78, 5) is 10.9. The Hall–Kier alpha value is -1.55. The lowest BCUT2D eigenvalue weighted by molar-refractivity contribution is -0.132. The van der Waals surface area contributed by atoms with Gasteiger partial charge in [-0.05, 0) is 28.1 Å². The summed E-state index contributed by atoms with van der Waals surface area (Å²) in [6, 6.07) is 9.62. The highest BCUT2D eigenvalue weighted by molar-refractivity contribution is 9.12. The Bertz CT molecular complexity index is 437. The molecule has 1 aliphatic rings. The molecule has 0 radical (unpaired) electrons. The van der Waals surface area contributed by atoms with Crippen LogP contribution in [-0.4, -0.2) is 5.97 Å². The summed E-state index contributed by atoms with van der Waals surface area (Å²) < 4.78 is 5.56. The van der Waals surface area contributed by atoms with Crippen LogP contribution in [0.5, 0.6) is 0 Å². The van der Waals surface area contributed by atoms with Crippen LogP contribution in [0, 0.1) is 0 Å². The first kappa shape index (κ1) is 9.98. The van der Waals surface area contributed by atoms with Gasteiger partial charge in [0.05, 0.1) is 4.48 Å². The molecule has 1 aromatic rings. The third-order valence-electron chi connectivity index (χ3n) is 1.83. The second kappa shape index (κ2) is 4.31. The topological polar surface area (TPSA) is 38.3 Å². The molecule has 0 saturated heterocycles. The largest absolute Gasteiger partial charge is 0.421 e. The average Bonchev–Trinajstić information content (AvgIpc) is 2.56.